The van der Waals surface area contributed by atoms with Crippen molar-refractivity contribution >= 4 is 16.8 Å². The van der Waals surface area contributed by atoms with E-state index in [-0.39, 0.29) is 5.91 Å². The molecule has 2 aromatic heterocycles. The minimum Gasteiger partial charge on any atom is -0.368 e. The first kappa shape index (κ1) is 19.2. The molecule has 4 aromatic rings. The Balaban J connectivity index is 1.26. The van der Waals surface area contributed by atoms with E-state index in [1.54, 1.807) is 6.20 Å². The molecule has 160 valence electrons. The predicted molar refractivity (Wildman–Crippen MR) is 122 cm³/mol. The van der Waals surface area contributed by atoms with Crippen LogP contribution in [0, 0.1) is 0 Å². The number of amides is 1. The summed E-state index contributed by atoms with van der Waals surface area (Å²) in [6, 6.07) is 19.9. The molecule has 2 aliphatic rings. The zero-order valence-corrected chi connectivity index (χ0v) is 17.8. The second kappa shape index (κ2) is 7.57. The minimum absolute atomic E-state index is 0.0370. The number of likely N-dealkylation sites (tertiary alicyclic amines) is 1. The maximum absolute atomic E-state index is 13.3. The van der Waals surface area contributed by atoms with Gasteiger partial charge >= 0.3 is 0 Å². The summed E-state index contributed by atoms with van der Waals surface area (Å²) in [7, 11) is 0. The number of fused-ring (bicyclic) bond motifs is 3. The molecule has 0 radical (unpaired) electrons. The molecule has 2 aliphatic heterocycles. The lowest BCUT2D eigenvalue weighted by Gasteiger charge is -2.43. The highest BCUT2D eigenvalue weighted by Crippen LogP contribution is 2.41. The number of aromatic nitrogens is 3. The number of hydrogen-bond acceptors (Lipinski definition) is 4. The van der Waals surface area contributed by atoms with E-state index < -0.39 is 5.60 Å². The lowest BCUT2D eigenvalue weighted by atomic mass is 9.83. The van der Waals surface area contributed by atoms with Crippen LogP contribution in [-0.4, -0.2) is 45.3 Å². The number of benzene rings is 2. The Morgan fingerprint density at radius 2 is 1.78 bits per heavy atom. The fourth-order valence-corrected chi connectivity index (χ4v) is 5.01. The van der Waals surface area contributed by atoms with Crippen molar-refractivity contribution in [3.05, 3.63) is 89.9 Å². The van der Waals surface area contributed by atoms with Crippen LogP contribution in [0.4, 0.5) is 0 Å². The van der Waals surface area contributed by atoms with Crippen molar-refractivity contribution in [2.45, 2.75) is 24.9 Å². The topological polar surface area (TPSA) is 60.3 Å². The van der Waals surface area contributed by atoms with Gasteiger partial charge in [-0.25, -0.2) is 4.68 Å². The molecular weight excluding hydrogens is 400 g/mol. The first-order chi connectivity index (χ1) is 15.7. The van der Waals surface area contributed by atoms with Gasteiger partial charge in [-0.1, -0.05) is 36.4 Å². The number of piperidine rings is 1. The number of ether oxygens (including phenoxy) is 1. The molecule has 6 heteroatoms. The highest BCUT2D eigenvalue weighted by Gasteiger charge is 2.44. The van der Waals surface area contributed by atoms with E-state index in [0.29, 0.717) is 25.3 Å². The molecule has 6 nitrogen and oxygen atoms in total. The van der Waals surface area contributed by atoms with E-state index in [9.17, 15) is 4.79 Å². The zero-order valence-electron chi connectivity index (χ0n) is 17.8. The number of hydrogen-bond donors (Lipinski definition) is 0. The molecule has 0 aliphatic carbocycles. The van der Waals surface area contributed by atoms with E-state index in [1.807, 2.05) is 58.1 Å². The Morgan fingerprint density at radius 1 is 0.969 bits per heavy atom. The summed E-state index contributed by atoms with van der Waals surface area (Å²) >= 11 is 0. The van der Waals surface area contributed by atoms with Gasteiger partial charge in [-0.05, 0) is 49.1 Å². The first-order valence-electron chi connectivity index (χ1n) is 11.1. The number of para-hydroxylation sites is 2. The van der Waals surface area contributed by atoms with Crippen molar-refractivity contribution in [2.75, 3.05) is 19.7 Å². The van der Waals surface area contributed by atoms with Crippen LogP contribution in [0.25, 0.3) is 16.6 Å². The zero-order chi connectivity index (χ0) is 21.5. The van der Waals surface area contributed by atoms with Gasteiger partial charge in [0.15, 0.2) is 0 Å². The Labute approximate surface area is 186 Å². The molecule has 4 heterocycles. The predicted octanol–water partition coefficient (Wildman–Crippen LogP) is 4.12. The van der Waals surface area contributed by atoms with Crippen LogP contribution >= 0.6 is 0 Å². The maximum Gasteiger partial charge on any atom is 0.256 e. The summed E-state index contributed by atoms with van der Waals surface area (Å²) < 4.78 is 8.32. The molecule has 32 heavy (non-hydrogen) atoms. The van der Waals surface area contributed by atoms with E-state index >= 15 is 0 Å². The van der Waals surface area contributed by atoms with Gasteiger partial charge in [0.1, 0.15) is 5.60 Å². The van der Waals surface area contributed by atoms with Crippen LogP contribution < -0.4 is 0 Å². The number of carbonyl (C=O) groups is 1. The number of nitrogens with zero attached hydrogens (tertiary/aromatic N) is 4. The fourth-order valence-electron chi connectivity index (χ4n) is 5.01. The van der Waals surface area contributed by atoms with Crippen molar-refractivity contribution in [3.63, 3.8) is 0 Å². The fraction of sp³-hybridized carbons (Fsp3) is 0.269. The van der Waals surface area contributed by atoms with Gasteiger partial charge in [0.2, 0.25) is 0 Å². The third kappa shape index (κ3) is 3.10. The van der Waals surface area contributed by atoms with Crippen LogP contribution in [0.1, 0.15) is 34.5 Å². The third-order valence-corrected chi connectivity index (χ3v) is 6.71. The van der Waals surface area contributed by atoms with E-state index in [2.05, 4.69) is 23.3 Å². The van der Waals surface area contributed by atoms with Crippen molar-refractivity contribution < 1.29 is 9.53 Å². The van der Waals surface area contributed by atoms with Gasteiger partial charge in [0.25, 0.3) is 5.91 Å². The third-order valence-electron chi connectivity index (χ3n) is 6.71. The number of carbonyl (C=O) groups excluding carboxylic acids is 1. The largest absolute Gasteiger partial charge is 0.368 e. The Bertz CT molecular complexity index is 1280. The molecule has 2 aromatic carbocycles. The molecule has 1 fully saturated rings. The standard InChI is InChI=1S/C26H24N4O2/c31-25(22-10-4-6-19-7-5-14-27-23(19)22)29-15-12-26(13-16-29)24-20(11-17-32-26)18-30(28-24)21-8-2-1-3-9-21/h1-10,14,18H,11-13,15-17H2. The van der Waals surface area contributed by atoms with Gasteiger partial charge in [-0.15, -0.1) is 0 Å². The summed E-state index contributed by atoms with van der Waals surface area (Å²) in [5.41, 5.74) is 4.34. The van der Waals surface area contributed by atoms with E-state index in [0.717, 1.165) is 41.5 Å². The van der Waals surface area contributed by atoms with Crippen LogP contribution in [0.15, 0.2) is 73.1 Å². The van der Waals surface area contributed by atoms with Gasteiger partial charge in [0.05, 0.1) is 29.1 Å². The van der Waals surface area contributed by atoms with Crippen molar-refractivity contribution in [2.24, 2.45) is 0 Å². The van der Waals surface area contributed by atoms with Gasteiger partial charge in [0, 0.05) is 30.9 Å². The van der Waals surface area contributed by atoms with Crippen LogP contribution in [-0.2, 0) is 16.8 Å². The maximum atomic E-state index is 13.3. The van der Waals surface area contributed by atoms with Crippen molar-refractivity contribution in [1.29, 1.82) is 0 Å². The Morgan fingerprint density at radius 3 is 2.62 bits per heavy atom. The van der Waals surface area contributed by atoms with Crippen LogP contribution in [0.3, 0.4) is 0 Å². The van der Waals surface area contributed by atoms with Crippen molar-refractivity contribution in [1.82, 2.24) is 19.7 Å². The van der Waals surface area contributed by atoms with E-state index in [1.165, 1.54) is 5.56 Å². The van der Waals surface area contributed by atoms with Crippen LogP contribution in [0.5, 0.6) is 0 Å². The summed E-state index contributed by atoms with van der Waals surface area (Å²) in [5.74, 6) is 0.0370. The molecular formula is C26H24N4O2. The Hall–Kier alpha value is -3.51. The summed E-state index contributed by atoms with van der Waals surface area (Å²) in [5, 5.41) is 5.93. The summed E-state index contributed by atoms with van der Waals surface area (Å²) in [6.07, 6.45) is 6.23. The smallest absolute Gasteiger partial charge is 0.256 e. The monoisotopic (exact) mass is 424 g/mol. The number of pyridine rings is 1. The molecule has 0 bridgehead atoms. The molecule has 1 amide bonds. The average Bonchev–Trinajstić information content (AvgIpc) is 3.31. The van der Waals surface area contributed by atoms with Crippen LogP contribution in [0.2, 0.25) is 0 Å². The Kier molecular flexibility index (Phi) is 4.54. The second-order valence-corrected chi connectivity index (χ2v) is 8.55. The normalized spacial score (nSPS) is 17.4. The number of rotatable bonds is 2. The molecule has 0 saturated carbocycles. The quantitative estimate of drug-likeness (QED) is 0.486. The highest BCUT2D eigenvalue weighted by molar-refractivity contribution is 6.05. The molecule has 0 N–H and O–H groups in total. The molecule has 0 atom stereocenters. The van der Waals surface area contributed by atoms with Gasteiger partial charge < -0.3 is 9.64 Å². The molecule has 1 saturated heterocycles. The van der Waals surface area contributed by atoms with Gasteiger partial charge in [-0.3, -0.25) is 9.78 Å². The van der Waals surface area contributed by atoms with Gasteiger partial charge in [-0.2, -0.15) is 5.10 Å². The SMILES string of the molecule is O=C(c1cccc2cccnc12)N1CCC2(CC1)OCCc1cn(-c3ccccc3)nc12. The average molecular weight is 425 g/mol. The van der Waals surface area contributed by atoms with E-state index in [4.69, 9.17) is 9.84 Å². The molecule has 1 spiro atoms. The lowest BCUT2D eigenvalue weighted by molar-refractivity contribution is -0.0963. The molecule has 0 unspecified atom stereocenters. The first-order valence-corrected chi connectivity index (χ1v) is 11.1. The minimum atomic E-state index is -0.415. The lowest BCUT2D eigenvalue weighted by Crippen LogP contribution is -2.48. The van der Waals surface area contributed by atoms with Crippen molar-refractivity contribution in [3.8, 4) is 5.69 Å². The second-order valence-electron chi connectivity index (χ2n) is 8.55. The highest BCUT2D eigenvalue weighted by atomic mass is 16.5. The summed E-state index contributed by atoms with van der Waals surface area (Å²) in [6.45, 7) is 1.97. The summed E-state index contributed by atoms with van der Waals surface area (Å²) in [4.78, 5) is 19.7. The molecule has 6 rings (SSSR count).